The molecule has 5 N–H and O–H groups in total. The zero-order chi connectivity index (χ0) is 34.5. The minimum atomic E-state index is -5.43. The lowest BCUT2D eigenvalue weighted by Crippen LogP contribution is -2.41. The molecule has 0 heterocycles. The molecule has 0 unspecified atom stereocenters. The van der Waals surface area contributed by atoms with Crippen LogP contribution < -0.4 is 19.3 Å². The van der Waals surface area contributed by atoms with E-state index in [1.165, 1.54) is 12.8 Å². The lowest BCUT2D eigenvalue weighted by molar-refractivity contribution is -0.108. The lowest BCUT2D eigenvalue weighted by Gasteiger charge is -2.11. The monoisotopic (exact) mass is 734 g/mol. The summed E-state index contributed by atoms with van der Waals surface area (Å²) in [5.74, 6) is -10.3. The van der Waals surface area contributed by atoms with Crippen molar-refractivity contribution in [3.63, 3.8) is 0 Å². The molecule has 0 aliphatic carbocycles. The normalized spacial score (nSPS) is 14.0. The van der Waals surface area contributed by atoms with Crippen LogP contribution >= 0.6 is 0 Å². The molecule has 0 bridgehead atoms. The van der Waals surface area contributed by atoms with Gasteiger partial charge in [0, 0.05) is 13.1 Å². The third-order valence-corrected chi connectivity index (χ3v) is 9.84. The van der Waals surface area contributed by atoms with E-state index in [4.69, 9.17) is 5.73 Å². The van der Waals surface area contributed by atoms with Gasteiger partial charge in [-0.25, -0.2) is 33.7 Å². The molecule has 0 aromatic heterocycles. The van der Waals surface area contributed by atoms with Crippen LogP contribution in [0.2, 0.25) is 0 Å². The third-order valence-electron chi connectivity index (χ3n) is 2.95. The summed E-state index contributed by atoms with van der Waals surface area (Å²) in [5.41, 5.74) is 5.25. The van der Waals surface area contributed by atoms with Crippen LogP contribution in [0.1, 0.15) is 19.8 Å². The van der Waals surface area contributed by atoms with Crippen molar-refractivity contribution in [3.05, 3.63) is 0 Å². The average Bonchev–Trinajstić information content (AvgIpc) is 2.55. The van der Waals surface area contributed by atoms with Gasteiger partial charge in [-0.3, -0.25) is 0 Å². The highest BCUT2D eigenvalue weighted by atomic mass is 32.3. The molecular formula is C14H26F12N4O8S4. The highest BCUT2D eigenvalue weighted by Crippen LogP contribution is 2.21. The van der Waals surface area contributed by atoms with Crippen LogP contribution in [0.5, 0.6) is 0 Å². The number of hydrogen-bond donors (Lipinski definition) is 4. The molecule has 0 aromatic carbocycles. The van der Waals surface area contributed by atoms with Crippen LogP contribution in [-0.4, -0.2) is 101 Å². The van der Waals surface area contributed by atoms with Gasteiger partial charge in [-0.05, 0) is 13.0 Å². The van der Waals surface area contributed by atoms with Crippen molar-refractivity contribution in [2.75, 3.05) is 42.6 Å². The van der Waals surface area contributed by atoms with Crippen molar-refractivity contribution in [1.82, 2.24) is 13.6 Å². The quantitative estimate of drug-likeness (QED) is 0.157. The average molecular weight is 735 g/mol. The Bertz CT molecular complexity index is 1030. The fourth-order valence-corrected chi connectivity index (χ4v) is 7.66. The standard InChI is InChI=1S/C6H16N2.2C4H5F6NO4S2/c1-2-3-5-8-6-4-7;2*5-3(6,7)1-16(12,13)11-17(14,15)2-4(8,9)10/h8H,2-7H2,1H3;2*11H,1-2H2. The Hall–Kier alpha value is -1.20. The van der Waals surface area contributed by atoms with Crippen molar-refractivity contribution in [2.24, 2.45) is 5.73 Å². The molecule has 0 saturated heterocycles. The molecule has 258 valence electrons. The first-order valence-corrected chi connectivity index (χ1v) is 16.9. The molecule has 12 nitrogen and oxygen atoms in total. The highest BCUT2D eigenvalue weighted by molar-refractivity contribution is 8.05. The van der Waals surface area contributed by atoms with Crippen LogP contribution in [0.25, 0.3) is 0 Å². The Morgan fingerprint density at radius 1 is 0.500 bits per heavy atom. The molecule has 0 aromatic rings. The molecule has 0 aliphatic rings. The molecule has 0 fully saturated rings. The van der Waals surface area contributed by atoms with E-state index in [1.54, 1.807) is 0 Å². The summed E-state index contributed by atoms with van der Waals surface area (Å²) >= 11 is 0. The summed E-state index contributed by atoms with van der Waals surface area (Å²) < 4.78 is 225. The van der Waals surface area contributed by atoms with Crippen molar-refractivity contribution < 1.29 is 86.4 Å². The fraction of sp³-hybridized carbons (Fsp3) is 1.00. The van der Waals surface area contributed by atoms with Gasteiger partial charge in [0.1, 0.15) is 0 Å². The Morgan fingerprint density at radius 3 is 0.905 bits per heavy atom. The van der Waals surface area contributed by atoms with E-state index in [-0.39, 0.29) is 0 Å². The zero-order valence-electron chi connectivity index (χ0n) is 20.9. The Labute approximate surface area is 233 Å². The minimum absolute atomic E-state index is 0.350. The van der Waals surface area contributed by atoms with Gasteiger partial charge in [0.05, 0.1) is 0 Å². The number of rotatable bonds is 13. The smallest absolute Gasteiger partial charge is 0.329 e. The Balaban J connectivity index is -0.000000579. The molecule has 0 atom stereocenters. The van der Waals surface area contributed by atoms with E-state index in [0.29, 0.717) is 8.25 Å². The second kappa shape index (κ2) is 17.3. The number of hydrogen-bond acceptors (Lipinski definition) is 10. The highest BCUT2D eigenvalue weighted by Gasteiger charge is 2.42. The van der Waals surface area contributed by atoms with Gasteiger partial charge in [0.2, 0.25) is 40.1 Å². The molecule has 42 heavy (non-hydrogen) atoms. The van der Waals surface area contributed by atoms with Crippen molar-refractivity contribution in [3.8, 4) is 0 Å². The first-order valence-electron chi connectivity index (χ1n) is 10.3. The van der Waals surface area contributed by atoms with Gasteiger partial charge in [-0.1, -0.05) is 13.3 Å². The molecular weight excluding hydrogens is 708 g/mol. The van der Waals surface area contributed by atoms with E-state index >= 15 is 0 Å². The zero-order valence-corrected chi connectivity index (χ0v) is 24.1. The second-order valence-corrected chi connectivity index (χ2v) is 15.0. The number of halogens is 12. The summed E-state index contributed by atoms with van der Waals surface area (Å²) in [6, 6.07) is 0. The predicted octanol–water partition coefficient (Wildman–Crippen LogP) is 1.06. The SMILES string of the molecule is CCCCNCCN.O=S(=O)(CC(F)(F)F)NS(=O)(=O)CC(F)(F)F.O=S(=O)(CC(F)(F)F)NS(=O)(=O)CC(F)(F)F. The molecule has 0 rings (SSSR count). The van der Waals surface area contributed by atoms with Gasteiger partial charge < -0.3 is 11.1 Å². The van der Waals surface area contributed by atoms with Gasteiger partial charge in [-0.2, -0.15) is 52.7 Å². The lowest BCUT2D eigenvalue weighted by atomic mass is 10.3. The third kappa shape index (κ3) is 35.0. The number of unbranched alkanes of at least 4 members (excludes halogenated alkanes) is 1. The largest absolute Gasteiger partial charge is 0.404 e. The minimum Gasteiger partial charge on any atom is -0.329 e. The first-order chi connectivity index (χ1) is 18.2. The van der Waals surface area contributed by atoms with Crippen LogP contribution in [0.3, 0.4) is 0 Å². The topological polar surface area (TPSA) is 199 Å². The van der Waals surface area contributed by atoms with Crippen molar-refractivity contribution in [2.45, 2.75) is 44.5 Å². The number of sulfonamides is 4. The molecule has 0 amide bonds. The summed E-state index contributed by atoms with van der Waals surface area (Å²) in [7, 11) is -21.7. The maximum absolute atomic E-state index is 11.6. The van der Waals surface area contributed by atoms with Crippen LogP contribution in [-0.2, 0) is 40.1 Å². The fourth-order valence-electron chi connectivity index (χ4n) is 1.90. The van der Waals surface area contributed by atoms with Gasteiger partial charge >= 0.3 is 24.7 Å². The van der Waals surface area contributed by atoms with Gasteiger partial charge in [0.25, 0.3) is 0 Å². The summed E-state index contributed by atoms with van der Waals surface area (Å²) in [6.45, 7) is 5.02. The van der Waals surface area contributed by atoms with Crippen LogP contribution in [0.4, 0.5) is 52.7 Å². The Morgan fingerprint density at radius 2 is 0.738 bits per heavy atom. The molecule has 0 saturated carbocycles. The van der Waals surface area contributed by atoms with Gasteiger partial charge in [0.15, 0.2) is 23.0 Å². The number of alkyl halides is 12. The van der Waals surface area contributed by atoms with E-state index in [2.05, 4.69) is 12.2 Å². The maximum atomic E-state index is 11.6. The van der Waals surface area contributed by atoms with Crippen LogP contribution in [0, 0.1) is 0 Å². The maximum Gasteiger partial charge on any atom is 0.404 e. The molecule has 0 aliphatic heterocycles. The first kappa shape index (κ1) is 45.2. The predicted molar refractivity (Wildman–Crippen MR) is 122 cm³/mol. The number of nitrogens with one attached hydrogen (secondary N) is 3. The number of nitrogens with two attached hydrogens (primary N) is 1. The Kier molecular flexibility index (Phi) is 18.7. The summed E-state index contributed by atoms with van der Waals surface area (Å²) in [4.78, 5) is 0. The van der Waals surface area contributed by atoms with E-state index in [1.807, 2.05) is 0 Å². The van der Waals surface area contributed by atoms with Crippen molar-refractivity contribution in [1.29, 1.82) is 0 Å². The van der Waals surface area contributed by atoms with Crippen molar-refractivity contribution >= 4 is 40.1 Å². The van der Waals surface area contributed by atoms with E-state index in [9.17, 15) is 86.4 Å². The molecule has 0 radical (unpaired) electrons. The van der Waals surface area contributed by atoms with Crippen LogP contribution in [0.15, 0.2) is 0 Å². The summed E-state index contributed by atoms with van der Waals surface area (Å²) in [5, 5.41) is 3.21. The molecule has 28 heteroatoms. The molecule has 0 spiro atoms. The second-order valence-electron chi connectivity index (χ2n) is 7.56. The summed E-state index contributed by atoms with van der Waals surface area (Å²) in [6.07, 6.45) is -18.5. The van der Waals surface area contributed by atoms with E-state index in [0.717, 1.165) is 19.6 Å². The van der Waals surface area contributed by atoms with E-state index < -0.39 is 87.8 Å². The van der Waals surface area contributed by atoms with Gasteiger partial charge in [-0.15, -0.1) is 8.25 Å².